The van der Waals surface area contributed by atoms with Gasteiger partial charge in [0.2, 0.25) is 5.91 Å². The SMILES string of the molecule is CC(N)C(C)C(=O)Nc1ccc(C(F)(F)F)cc1C#N. The van der Waals surface area contributed by atoms with Crippen LogP contribution in [0.5, 0.6) is 0 Å². The van der Waals surface area contributed by atoms with Gasteiger partial charge in [-0.1, -0.05) is 6.92 Å². The highest BCUT2D eigenvalue weighted by molar-refractivity contribution is 5.94. The quantitative estimate of drug-likeness (QED) is 0.895. The second-order valence-corrected chi connectivity index (χ2v) is 4.51. The molecule has 4 nitrogen and oxygen atoms in total. The van der Waals surface area contributed by atoms with Gasteiger partial charge in [-0.2, -0.15) is 18.4 Å². The average Bonchev–Trinajstić information content (AvgIpc) is 2.36. The van der Waals surface area contributed by atoms with E-state index in [4.69, 9.17) is 11.0 Å². The van der Waals surface area contributed by atoms with Crippen molar-refractivity contribution in [2.45, 2.75) is 26.1 Å². The average molecular weight is 285 g/mol. The number of amides is 1. The van der Waals surface area contributed by atoms with Crippen LogP contribution in [0.3, 0.4) is 0 Å². The molecule has 2 atom stereocenters. The lowest BCUT2D eigenvalue weighted by atomic mass is 10.0. The molecule has 3 N–H and O–H groups in total. The molecule has 0 saturated carbocycles. The zero-order valence-corrected chi connectivity index (χ0v) is 11.0. The summed E-state index contributed by atoms with van der Waals surface area (Å²) in [7, 11) is 0. The molecule has 2 unspecified atom stereocenters. The number of anilines is 1. The Morgan fingerprint density at radius 2 is 2.00 bits per heavy atom. The molecular weight excluding hydrogens is 271 g/mol. The molecule has 0 bridgehead atoms. The van der Waals surface area contributed by atoms with Crippen LogP contribution in [-0.2, 0) is 11.0 Å². The van der Waals surface area contributed by atoms with E-state index in [2.05, 4.69) is 5.32 Å². The Balaban J connectivity index is 3.04. The van der Waals surface area contributed by atoms with Crippen LogP contribution in [0.25, 0.3) is 0 Å². The van der Waals surface area contributed by atoms with Crippen molar-refractivity contribution in [2.75, 3.05) is 5.32 Å². The van der Waals surface area contributed by atoms with Gasteiger partial charge < -0.3 is 11.1 Å². The first-order chi connectivity index (χ1) is 9.16. The molecule has 0 fully saturated rings. The van der Waals surface area contributed by atoms with Crippen LogP contribution in [0.2, 0.25) is 0 Å². The van der Waals surface area contributed by atoms with E-state index in [1.54, 1.807) is 19.9 Å². The lowest BCUT2D eigenvalue weighted by molar-refractivity contribution is -0.137. The standard InChI is InChI=1S/C13H14F3N3O/c1-7(8(2)18)12(20)19-11-4-3-10(13(14,15)16)5-9(11)6-17/h3-5,7-8H,18H2,1-2H3,(H,19,20). The number of carbonyl (C=O) groups is 1. The maximum atomic E-state index is 12.5. The fourth-order valence-electron chi connectivity index (χ4n) is 1.41. The van der Waals surface area contributed by atoms with Gasteiger partial charge in [0.15, 0.2) is 0 Å². The van der Waals surface area contributed by atoms with Crippen molar-refractivity contribution in [3.05, 3.63) is 29.3 Å². The minimum atomic E-state index is -4.53. The fourth-order valence-corrected chi connectivity index (χ4v) is 1.41. The van der Waals surface area contributed by atoms with E-state index < -0.39 is 29.6 Å². The number of halogens is 3. The Bertz CT molecular complexity index is 547. The molecule has 1 rings (SSSR count). The first kappa shape index (κ1) is 16.0. The van der Waals surface area contributed by atoms with Crippen LogP contribution in [0.4, 0.5) is 18.9 Å². The lowest BCUT2D eigenvalue weighted by Crippen LogP contribution is -2.34. The van der Waals surface area contributed by atoms with Gasteiger partial charge in [0.1, 0.15) is 6.07 Å². The van der Waals surface area contributed by atoms with Crippen LogP contribution < -0.4 is 11.1 Å². The summed E-state index contributed by atoms with van der Waals surface area (Å²) in [6.45, 7) is 3.23. The zero-order chi connectivity index (χ0) is 15.5. The highest BCUT2D eigenvalue weighted by Crippen LogP contribution is 2.31. The van der Waals surface area contributed by atoms with Crippen molar-refractivity contribution >= 4 is 11.6 Å². The van der Waals surface area contributed by atoms with Crippen molar-refractivity contribution in [2.24, 2.45) is 11.7 Å². The highest BCUT2D eigenvalue weighted by atomic mass is 19.4. The van der Waals surface area contributed by atoms with E-state index in [1.165, 1.54) is 0 Å². The molecule has 0 saturated heterocycles. The normalized spacial score (nSPS) is 14.2. The molecule has 0 heterocycles. The Labute approximate surface area is 114 Å². The molecule has 108 valence electrons. The number of hydrogen-bond acceptors (Lipinski definition) is 3. The summed E-state index contributed by atoms with van der Waals surface area (Å²) in [5, 5.41) is 11.3. The number of nitrogens with zero attached hydrogens (tertiary/aromatic N) is 1. The van der Waals surface area contributed by atoms with E-state index in [0.717, 1.165) is 12.1 Å². The van der Waals surface area contributed by atoms with Crippen LogP contribution in [-0.4, -0.2) is 11.9 Å². The van der Waals surface area contributed by atoms with Crippen LogP contribution in [0.15, 0.2) is 18.2 Å². The first-order valence-electron chi connectivity index (χ1n) is 5.84. The predicted octanol–water partition coefficient (Wildman–Crippen LogP) is 2.50. The molecular formula is C13H14F3N3O. The van der Waals surface area contributed by atoms with E-state index in [-0.39, 0.29) is 11.3 Å². The van der Waals surface area contributed by atoms with Gasteiger partial charge in [-0.15, -0.1) is 0 Å². The van der Waals surface area contributed by atoms with Gasteiger partial charge in [-0.05, 0) is 25.1 Å². The second kappa shape index (κ2) is 5.92. The lowest BCUT2D eigenvalue weighted by Gasteiger charge is -2.16. The summed E-state index contributed by atoms with van der Waals surface area (Å²) in [6, 6.07) is 3.80. The smallest absolute Gasteiger partial charge is 0.327 e. The molecule has 0 aliphatic heterocycles. The third-order valence-electron chi connectivity index (χ3n) is 2.93. The van der Waals surface area contributed by atoms with Crippen molar-refractivity contribution in [1.82, 2.24) is 0 Å². The third-order valence-corrected chi connectivity index (χ3v) is 2.93. The van der Waals surface area contributed by atoms with Gasteiger partial charge in [-0.3, -0.25) is 4.79 Å². The number of nitrogens with two attached hydrogens (primary N) is 1. The van der Waals surface area contributed by atoms with E-state index in [9.17, 15) is 18.0 Å². The van der Waals surface area contributed by atoms with Gasteiger partial charge in [0, 0.05) is 6.04 Å². The van der Waals surface area contributed by atoms with Gasteiger partial charge in [-0.25, -0.2) is 0 Å². The van der Waals surface area contributed by atoms with Gasteiger partial charge >= 0.3 is 6.18 Å². The maximum absolute atomic E-state index is 12.5. The fraction of sp³-hybridized carbons (Fsp3) is 0.385. The molecule has 20 heavy (non-hydrogen) atoms. The van der Waals surface area contributed by atoms with Crippen molar-refractivity contribution < 1.29 is 18.0 Å². The topological polar surface area (TPSA) is 78.9 Å². The Morgan fingerprint density at radius 1 is 1.40 bits per heavy atom. The summed E-state index contributed by atoms with van der Waals surface area (Å²) >= 11 is 0. The number of alkyl halides is 3. The molecule has 0 aliphatic carbocycles. The van der Waals surface area contributed by atoms with E-state index in [0.29, 0.717) is 6.07 Å². The minimum Gasteiger partial charge on any atom is -0.327 e. The first-order valence-corrected chi connectivity index (χ1v) is 5.84. The van der Waals surface area contributed by atoms with Crippen LogP contribution in [0, 0.1) is 17.2 Å². The van der Waals surface area contributed by atoms with Crippen molar-refractivity contribution in [1.29, 1.82) is 5.26 Å². The van der Waals surface area contributed by atoms with Crippen molar-refractivity contribution in [3.63, 3.8) is 0 Å². The monoisotopic (exact) mass is 285 g/mol. The Morgan fingerprint density at radius 3 is 2.45 bits per heavy atom. The molecule has 7 heteroatoms. The number of nitriles is 1. The molecule has 0 spiro atoms. The molecule has 1 amide bonds. The second-order valence-electron chi connectivity index (χ2n) is 4.51. The van der Waals surface area contributed by atoms with Crippen LogP contribution >= 0.6 is 0 Å². The molecule has 0 aliphatic rings. The molecule has 0 radical (unpaired) electrons. The molecule has 1 aromatic rings. The van der Waals surface area contributed by atoms with E-state index >= 15 is 0 Å². The summed E-state index contributed by atoms with van der Waals surface area (Å²) in [5.74, 6) is -0.972. The number of rotatable bonds is 3. The summed E-state index contributed by atoms with van der Waals surface area (Å²) in [6.07, 6.45) is -4.53. The third kappa shape index (κ3) is 3.71. The summed E-state index contributed by atoms with van der Waals surface area (Å²) in [4.78, 5) is 11.8. The van der Waals surface area contributed by atoms with Gasteiger partial charge in [0.05, 0.1) is 22.7 Å². The number of nitrogens with one attached hydrogen (secondary N) is 1. The Hall–Kier alpha value is -2.07. The number of carbonyl (C=O) groups excluding carboxylic acids is 1. The molecule has 0 aromatic heterocycles. The molecule has 1 aromatic carbocycles. The van der Waals surface area contributed by atoms with E-state index in [1.807, 2.05) is 0 Å². The predicted molar refractivity (Wildman–Crippen MR) is 67.6 cm³/mol. The maximum Gasteiger partial charge on any atom is 0.416 e. The Kier molecular flexibility index (Phi) is 4.73. The van der Waals surface area contributed by atoms with Crippen molar-refractivity contribution in [3.8, 4) is 6.07 Å². The minimum absolute atomic E-state index is 0.0398. The summed E-state index contributed by atoms with van der Waals surface area (Å²) in [5.41, 5.74) is 4.42. The zero-order valence-electron chi connectivity index (χ0n) is 11.0. The highest BCUT2D eigenvalue weighted by Gasteiger charge is 2.31. The summed E-state index contributed by atoms with van der Waals surface area (Å²) < 4.78 is 37.6. The van der Waals surface area contributed by atoms with Crippen LogP contribution in [0.1, 0.15) is 25.0 Å². The largest absolute Gasteiger partial charge is 0.416 e. The van der Waals surface area contributed by atoms with Gasteiger partial charge in [0.25, 0.3) is 0 Å². The number of hydrogen-bond donors (Lipinski definition) is 2. The number of benzene rings is 1.